The Hall–Kier alpha value is -3.68. The summed E-state index contributed by atoms with van der Waals surface area (Å²) in [6, 6.07) is 6.63. The number of anilines is 3. The summed E-state index contributed by atoms with van der Waals surface area (Å²) in [6.45, 7) is 11.8. The van der Waals surface area contributed by atoms with Gasteiger partial charge in [0.25, 0.3) is 0 Å². The molecule has 4 aliphatic rings. The first-order chi connectivity index (χ1) is 18.1. The topological polar surface area (TPSA) is 107 Å². The van der Waals surface area contributed by atoms with Gasteiger partial charge in [-0.05, 0) is 31.6 Å². The second kappa shape index (κ2) is 9.65. The predicted molar refractivity (Wildman–Crippen MR) is 138 cm³/mol. The highest BCUT2D eigenvalue weighted by Crippen LogP contribution is 2.44. The highest BCUT2D eigenvalue weighted by Gasteiger charge is 2.39. The minimum Gasteiger partial charge on any atom is -0.481 e. The maximum atomic E-state index is 11.9. The van der Waals surface area contributed by atoms with Gasteiger partial charge in [-0.2, -0.15) is 5.26 Å². The van der Waals surface area contributed by atoms with Crippen molar-refractivity contribution in [2.75, 3.05) is 62.7 Å². The van der Waals surface area contributed by atoms with Crippen molar-refractivity contribution in [2.45, 2.75) is 31.4 Å². The third kappa shape index (κ3) is 4.28. The fourth-order valence-corrected chi connectivity index (χ4v) is 5.82. The fourth-order valence-electron chi connectivity index (χ4n) is 5.82. The van der Waals surface area contributed by atoms with Gasteiger partial charge in [0, 0.05) is 68.8 Å². The zero-order valence-electron chi connectivity index (χ0n) is 21.0. The molecular weight excluding hydrogens is 470 g/mol. The number of hydrogen-bond donors (Lipinski definition) is 1. The summed E-state index contributed by atoms with van der Waals surface area (Å²) in [5.41, 5.74) is 3.93. The zero-order valence-corrected chi connectivity index (χ0v) is 21.0. The van der Waals surface area contributed by atoms with Crippen molar-refractivity contribution in [3.05, 3.63) is 47.9 Å². The monoisotopic (exact) mass is 501 g/mol. The van der Waals surface area contributed by atoms with Crippen LogP contribution in [0.25, 0.3) is 0 Å². The fraction of sp³-hybridized carbons (Fsp3) is 0.481. The lowest BCUT2D eigenvalue weighted by molar-refractivity contribution is -0.125. The van der Waals surface area contributed by atoms with Gasteiger partial charge in [-0.3, -0.25) is 9.69 Å². The highest BCUT2D eigenvalue weighted by atomic mass is 16.5. The Morgan fingerprint density at radius 1 is 1.27 bits per heavy atom. The summed E-state index contributed by atoms with van der Waals surface area (Å²) in [5, 5.41) is 13.4. The zero-order chi connectivity index (χ0) is 25.5. The molecule has 2 aromatic heterocycles. The van der Waals surface area contributed by atoms with Gasteiger partial charge in [0.2, 0.25) is 5.91 Å². The number of morpholine rings is 1. The molecule has 0 radical (unpaired) electrons. The molecule has 6 rings (SSSR count). The van der Waals surface area contributed by atoms with Gasteiger partial charge in [-0.25, -0.2) is 9.97 Å². The van der Waals surface area contributed by atoms with Crippen LogP contribution in [0.4, 0.5) is 17.2 Å². The van der Waals surface area contributed by atoms with E-state index in [4.69, 9.17) is 14.5 Å². The number of fused-ring (bicyclic) bond motifs is 2. The van der Waals surface area contributed by atoms with Crippen LogP contribution in [0.3, 0.4) is 0 Å². The van der Waals surface area contributed by atoms with Crippen LogP contribution in [0.2, 0.25) is 0 Å². The number of hydrogen-bond acceptors (Lipinski definition) is 9. The molecule has 0 saturated carbocycles. The highest BCUT2D eigenvalue weighted by molar-refractivity contribution is 5.87. The summed E-state index contributed by atoms with van der Waals surface area (Å²) in [7, 11) is 0. The molecule has 0 aromatic carbocycles. The summed E-state index contributed by atoms with van der Waals surface area (Å²) in [6.07, 6.45) is 3.86. The maximum absolute atomic E-state index is 11.9. The summed E-state index contributed by atoms with van der Waals surface area (Å²) < 4.78 is 11.9. The number of carbonyl (C=O) groups excluding carboxylic acids is 1. The average molecular weight is 502 g/mol. The van der Waals surface area contributed by atoms with Crippen molar-refractivity contribution in [2.24, 2.45) is 0 Å². The lowest BCUT2D eigenvalue weighted by atomic mass is 9.92. The molecule has 1 N–H and O–H groups in total. The van der Waals surface area contributed by atoms with E-state index in [-0.39, 0.29) is 23.6 Å². The van der Waals surface area contributed by atoms with Crippen molar-refractivity contribution < 1.29 is 14.3 Å². The number of pyridine rings is 2. The molecule has 2 aromatic rings. The Kier molecular flexibility index (Phi) is 6.18. The smallest absolute Gasteiger partial charge is 0.246 e. The molecule has 37 heavy (non-hydrogen) atoms. The number of rotatable bonds is 4. The number of ether oxygens (including phenoxy) is 2. The molecule has 0 spiro atoms. The van der Waals surface area contributed by atoms with E-state index in [0.717, 1.165) is 74.1 Å². The summed E-state index contributed by atoms with van der Waals surface area (Å²) >= 11 is 0. The van der Waals surface area contributed by atoms with Crippen LogP contribution < -0.4 is 15.0 Å². The molecule has 192 valence electrons. The van der Waals surface area contributed by atoms with Crippen LogP contribution in [0.15, 0.2) is 31.0 Å². The molecule has 10 heteroatoms. The molecule has 0 aliphatic carbocycles. The number of carbonyl (C=O) groups is 1. The largest absolute Gasteiger partial charge is 0.481 e. The quantitative estimate of drug-likeness (QED) is 0.633. The lowest BCUT2D eigenvalue weighted by Crippen LogP contribution is -2.52. The van der Waals surface area contributed by atoms with E-state index in [2.05, 4.69) is 32.7 Å². The summed E-state index contributed by atoms with van der Waals surface area (Å²) in [5.74, 6) is 1.42. The van der Waals surface area contributed by atoms with E-state index in [1.807, 2.05) is 30.2 Å². The van der Waals surface area contributed by atoms with Gasteiger partial charge in [0.1, 0.15) is 18.0 Å². The van der Waals surface area contributed by atoms with Gasteiger partial charge in [-0.1, -0.05) is 6.58 Å². The first-order valence-electron chi connectivity index (χ1n) is 12.9. The van der Waals surface area contributed by atoms with Crippen molar-refractivity contribution >= 4 is 23.1 Å². The van der Waals surface area contributed by atoms with Gasteiger partial charge in [-0.15, -0.1) is 0 Å². The molecule has 4 aliphatic heterocycles. The normalized spacial score (nSPS) is 23.6. The molecule has 0 unspecified atom stereocenters. The molecular formula is C27H31N7O3. The second-order valence-corrected chi connectivity index (χ2v) is 10.0. The molecule has 6 heterocycles. The van der Waals surface area contributed by atoms with Crippen LogP contribution in [0.1, 0.15) is 42.3 Å². The van der Waals surface area contributed by atoms with Crippen LogP contribution in [-0.2, 0) is 9.53 Å². The van der Waals surface area contributed by atoms with Gasteiger partial charge in [0.15, 0.2) is 11.4 Å². The average Bonchev–Trinajstić information content (AvgIpc) is 3.32. The van der Waals surface area contributed by atoms with E-state index >= 15 is 0 Å². The SMILES string of the molecule is C=CC(=O)N1CC[C@H](N2CC(c3cc4c(c(C#N)n3)O[C@@H](C)c3c(N5CCOCC5)ccnc3N4)C2)C1. The van der Waals surface area contributed by atoms with E-state index in [9.17, 15) is 10.1 Å². The Labute approximate surface area is 216 Å². The second-order valence-electron chi connectivity index (χ2n) is 10.0. The van der Waals surface area contributed by atoms with E-state index in [1.54, 1.807) is 0 Å². The van der Waals surface area contributed by atoms with Crippen molar-refractivity contribution in [1.82, 2.24) is 19.8 Å². The first-order valence-corrected chi connectivity index (χ1v) is 12.9. The Balaban J connectivity index is 1.24. The number of aromatic nitrogens is 2. The minimum atomic E-state index is -0.308. The summed E-state index contributed by atoms with van der Waals surface area (Å²) in [4.78, 5) is 27.9. The van der Waals surface area contributed by atoms with E-state index in [1.165, 1.54) is 6.08 Å². The number of nitriles is 1. The van der Waals surface area contributed by atoms with Gasteiger partial charge < -0.3 is 24.6 Å². The number of nitrogens with one attached hydrogen (secondary N) is 1. The van der Waals surface area contributed by atoms with Crippen LogP contribution in [0.5, 0.6) is 5.75 Å². The molecule has 2 atom stereocenters. The standard InChI is InChI=1S/C27H31N7O3/c1-3-24(35)33-7-5-19(16-33)34-14-18(15-34)20-12-21-26(22(13-28)30-20)37-17(2)25-23(4-6-29-27(25)31-21)32-8-10-36-11-9-32/h3-4,6,12,17-19H,1,5,7-11,14-16H2,2H3,(H,29,31)/t17-,19-/m0/s1. The van der Waals surface area contributed by atoms with Crippen LogP contribution in [-0.4, -0.2) is 84.2 Å². The third-order valence-electron chi connectivity index (χ3n) is 7.87. The van der Waals surface area contributed by atoms with E-state index in [0.29, 0.717) is 25.0 Å². The molecule has 1 amide bonds. The molecule has 10 nitrogen and oxygen atoms in total. The number of likely N-dealkylation sites (tertiary alicyclic amines) is 2. The minimum absolute atomic E-state index is 0.00312. The lowest BCUT2D eigenvalue weighted by Gasteiger charge is -2.43. The molecule has 3 saturated heterocycles. The van der Waals surface area contributed by atoms with Crippen molar-refractivity contribution in [1.29, 1.82) is 5.26 Å². The number of nitrogens with zero attached hydrogens (tertiary/aromatic N) is 6. The third-order valence-corrected chi connectivity index (χ3v) is 7.87. The van der Waals surface area contributed by atoms with Gasteiger partial charge >= 0.3 is 0 Å². The van der Waals surface area contributed by atoms with Crippen molar-refractivity contribution in [3.63, 3.8) is 0 Å². The Morgan fingerprint density at radius 2 is 2.08 bits per heavy atom. The van der Waals surface area contributed by atoms with Crippen LogP contribution >= 0.6 is 0 Å². The first kappa shape index (κ1) is 23.7. The predicted octanol–water partition coefficient (Wildman–Crippen LogP) is 2.57. The number of amides is 1. The van der Waals surface area contributed by atoms with Crippen molar-refractivity contribution in [3.8, 4) is 11.8 Å². The molecule has 0 bridgehead atoms. The Bertz CT molecular complexity index is 1260. The van der Waals surface area contributed by atoms with E-state index < -0.39 is 0 Å². The van der Waals surface area contributed by atoms with Crippen LogP contribution in [0, 0.1) is 11.3 Å². The molecule has 3 fully saturated rings. The Morgan fingerprint density at radius 3 is 2.84 bits per heavy atom. The maximum Gasteiger partial charge on any atom is 0.246 e. The van der Waals surface area contributed by atoms with Gasteiger partial charge in [0.05, 0.1) is 24.5 Å².